The molecule has 2 heterocycles. The molecule has 0 aliphatic rings. The van der Waals surface area contributed by atoms with Crippen molar-refractivity contribution in [2.24, 2.45) is 0 Å². The molecule has 2 aromatic heterocycles. The van der Waals surface area contributed by atoms with Crippen LogP contribution in [-0.2, 0) is 4.79 Å². The second kappa shape index (κ2) is 6.61. The predicted octanol–water partition coefficient (Wildman–Crippen LogP) is 2.00. The highest BCUT2D eigenvalue weighted by Crippen LogP contribution is 2.21. The fraction of sp³-hybridized carbons (Fsp3) is 0.214. The van der Waals surface area contributed by atoms with E-state index in [0.29, 0.717) is 11.0 Å². The van der Waals surface area contributed by atoms with Crippen LogP contribution >= 0.6 is 11.8 Å². The highest BCUT2D eigenvalue weighted by molar-refractivity contribution is 7.99. The van der Waals surface area contributed by atoms with Gasteiger partial charge in [-0.15, -0.1) is 5.10 Å². The number of rotatable bonds is 5. The van der Waals surface area contributed by atoms with Gasteiger partial charge in [-0.25, -0.2) is 0 Å². The highest BCUT2D eigenvalue weighted by atomic mass is 32.2. The summed E-state index contributed by atoms with van der Waals surface area (Å²) in [5.74, 6) is 0.335. The maximum absolute atomic E-state index is 11.9. The van der Waals surface area contributed by atoms with Crippen molar-refractivity contribution in [3.05, 3.63) is 41.7 Å². The van der Waals surface area contributed by atoms with E-state index in [1.165, 1.54) is 23.6 Å². The summed E-state index contributed by atoms with van der Waals surface area (Å²) in [7, 11) is 0. The number of anilines is 1. The van der Waals surface area contributed by atoms with Gasteiger partial charge >= 0.3 is 0 Å². The Morgan fingerprint density at radius 3 is 2.96 bits per heavy atom. The van der Waals surface area contributed by atoms with Crippen LogP contribution in [0, 0.1) is 13.8 Å². The first-order chi connectivity index (χ1) is 11.1. The average Bonchev–Trinajstić information content (AvgIpc) is 3.16. The molecule has 3 aromatic rings. The maximum Gasteiger partial charge on any atom is 0.236 e. The van der Waals surface area contributed by atoms with Crippen LogP contribution in [0.15, 0.2) is 40.2 Å². The second-order valence-corrected chi connectivity index (χ2v) is 5.83. The number of amides is 1. The third-order valence-electron chi connectivity index (χ3n) is 3.06. The van der Waals surface area contributed by atoms with E-state index in [0.717, 1.165) is 11.3 Å². The van der Waals surface area contributed by atoms with Gasteiger partial charge in [-0.05, 0) is 35.9 Å². The molecule has 3 rings (SSSR count). The monoisotopic (exact) mass is 330 g/mol. The minimum Gasteiger partial charge on any atom is -0.363 e. The van der Waals surface area contributed by atoms with E-state index in [9.17, 15) is 4.79 Å². The lowest BCUT2D eigenvalue weighted by atomic mass is 10.1. The summed E-state index contributed by atoms with van der Waals surface area (Å²) in [6.07, 6.45) is 1.39. The number of benzene rings is 1. The summed E-state index contributed by atoms with van der Waals surface area (Å²) in [5.41, 5.74) is 3.12. The molecule has 1 N–H and O–H groups in total. The van der Waals surface area contributed by atoms with Gasteiger partial charge in [0.1, 0.15) is 6.26 Å². The van der Waals surface area contributed by atoms with E-state index >= 15 is 0 Å². The molecule has 0 radical (unpaired) electrons. The Morgan fingerprint density at radius 2 is 2.22 bits per heavy atom. The van der Waals surface area contributed by atoms with Crippen LogP contribution in [0.1, 0.15) is 11.1 Å². The van der Waals surface area contributed by atoms with Gasteiger partial charge in [0.25, 0.3) is 0 Å². The Bertz CT molecular complexity index is 815. The van der Waals surface area contributed by atoms with Crippen LogP contribution in [0.4, 0.5) is 5.82 Å². The molecule has 0 bridgehead atoms. The van der Waals surface area contributed by atoms with Gasteiger partial charge in [0.15, 0.2) is 5.82 Å². The molecule has 1 aromatic carbocycles. The molecule has 0 spiro atoms. The SMILES string of the molecule is Cc1ccc(-n2nnnc2SCC(=O)Nc2ccon2)c(C)c1. The fourth-order valence-electron chi connectivity index (χ4n) is 2.05. The molecule has 9 heteroatoms. The number of nitrogens with one attached hydrogen (secondary N) is 1. The first-order valence-corrected chi connectivity index (χ1v) is 7.81. The van der Waals surface area contributed by atoms with Crippen molar-refractivity contribution in [1.29, 1.82) is 0 Å². The number of thioether (sulfide) groups is 1. The predicted molar refractivity (Wildman–Crippen MR) is 84.5 cm³/mol. The Labute approximate surface area is 136 Å². The summed E-state index contributed by atoms with van der Waals surface area (Å²) in [6.45, 7) is 4.02. The quantitative estimate of drug-likeness (QED) is 0.714. The van der Waals surface area contributed by atoms with E-state index in [2.05, 4.69) is 36.6 Å². The number of hydrogen-bond donors (Lipinski definition) is 1. The lowest BCUT2D eigenvalue weighted by Gasteiger charge is -2.08. The van der Waals surface area contributed by atoms with E-state index in [4.69, 9.17) is 0 Å². The maximum atomic E-state index is 11.9. The van der Waals surface area contributed by atoms with Crippen LogP contribution in [-0.4, -0.2) is 37.0 Å². The minimum atomic E-state index is -0.209. The zero-order valence-electron chi connectivity index (χ0n) is 12.6. The summed E-state index contributed by atoms with van der Waals surface area (Å²) in [6, 6.07) is 7.58. The number of aryl methyl sites for hydroxylation is 2. The van der Waals surface area contributed by atoms with Gasteiger partial charge in [-0.3, -0.25) is 4.79 Å². The largest absolute Gasteiger partial charge is 0.363 e. The normalized spacial score (nSPS) is 10.7. The number of aromatic nitrogens is 5. The van der Waals surface area contributed by atoms with Crippen molar-refractivity contribution in [1.82, 2.24) is 25.4 Å². The lowest BCUT2D eigenvalue weighted by molar-refractivity contribution is -0.113. The lowest BCUT2D eigenvalue weighted by Crippen LogP contribution is -2.14. The highest BCUT2D eigenvalue weighted by Gasteiger charge is 2.13. The molecule has 23 heavy (non-hydrogen) atoms. The van der Waals surface area contributed by atoms with Crippen LogP contribution in [0.25, 0.3) is 5.69 Å². The summed E-state index contributed by atoms with van der Waals surface area (Å²) < 4.78 is 6.29. The molecule has 0 aliphatic heterocycles. The van der Waals surface area contributed by atoms with Crippen molar-refractivity contribution < 1.29 is 9.32 Å². The van der Waals surface area contributed by atoms with Crippen molar-refractivity contribution in [3.63, 3.8) is 0 Å². The van der Waals surface area contributed by atoms with Crippen LogP contribution in [0.3, 0.4) is 0 Å². The number of hydrogen-bond acceptors (Lipinski definition) is 7. The second-order valence-electron chi connectivity index (χ2n) is 4.88. The minimum absolute atomic E-state index is 0.165. The molecular formula is C14H14N6O2S. The third kappa shape index (κ3) is 3.57. The zero-order chi connectivity index (χ0) is 16.2. The van der Waals surface area contributed by atoms with Gasteiger partial charge in [-0.1, -0.05) is 34.6 Å². The summed E-state index contributed by atoms with van der Waals surface area (Å²) in [4.78, 5) is 11.9. The van der Waals surface area contributed by atoms with Gasteiger partial charge in [0.05, 0.1) is 11.4 Å². The van der Waals surface area contributed by atoms with Gasteiger partial charge < -0.3 is 9.84 Å². The molecule has 0 fully saturated rings. The van der Waals surface area contributed by atoms with Gasteiger partial charge in [0, 0.05) is 6.07 Å². The Balaban J connectivity index is 1.70. The topological polar surface area (TPSA) is 98.7 Å². The zero-order valence-corrected chi connectivity index (χ0v) is 13.4. The molecule has 1 amide bonds. The van der Waals surface area contributed by atoms with E-state index < -0.39 is 0 Å². The Hall–Kier alpha value is -2.68. The summed E-state index contributed by atoms with van der Waals surface area (Å²) in [5, 5.41) is 18.5. The molecule has 0 saturated carbocycles. The van der Waals surface area contributed by atoms with Gasteiger partial charge in [0.2, 0.25) is 11.1 Å². The van der Waals surface area contributed by atoms with Crippen molar-refractivity contribution in [2.45, 2.75) is 19.0 Å². The standard InChI is InChI=1S/C14H14N6O2S/c1-9-3-4-11(10(2)7-9)20-14(16-18-19-20)23-8-13(21)15-12-5-6-22-17-12/h3-7H,8H2,1-2H3,(H,15,17,21). The van der Waals surface area contributed by atoms with E-state index in [1.54, 1.807) is 10.7 Å². The fourth-order valence-corrected chi connectivity index (χ4v) is 2.73. The molecule has 0 atom stereocenters. The number of tetrazole rings is 1. The smallest absolute Gasteiger partial charge is 0.236 e. The van der Waals surface area contributed by atoms with Crippen LogP contribution < -0.4 is 5.32 Å². The van der Waals surface area contributed by atoms with E-state index in [1.807, 2.05) is 26.0 Å². The van der Waals surface area contributed by atoms with Crippen LogP contribution in [0.5, 0.6) is 0 Å². The third-order valence-corrected chi connectivity index (χ3v) is 3.98. The van der Waals surface area contributed by atoms with E-state index in [-0.39, 0.29) is 11.7 Å². The van der Waals surface area contributed by atoms with Crippen molar-refractivity contribution >= 4 is 23.5 Å². The molecule has 8 nitrogen and oxygen atoms in total. The van der Waals surface area contributed by atoms with Gasteiger partial charge in [-0.2, -0.15) is 4.68 Å². The molecule has 0 saturated heterocycles. The van der Waals surface area contributed by atoms with Crippen molar-refractivity contribution in [2.75, 3.05) is 11.1 Å². The molecule has 0 aliphatic carbocycles. The number of carbonyl (C=O) groups is 1. The number of nitrogens with zero attached hydrogens (tertiary/aromatic N) is 5. The number of carbonyl (C=O) groups excluding carboxylic acids is 1. The van der Waals surface area contributed by atoms with Crippen molar-refractivity contribution in [3.8, 4) is 5.69 Å². The first-order valence-electron chi connectivity index (χ1n) is 6.82. The van der Waals surface area contributed by atoms with Crippen LogP contribution in [0.2, 0.25) is 0 Å². The molecular weight excluding hydrogens is 316 g/mol. The summed E-state index contributed by atoms with van der Waals surface area (Å²) >= 11 is 1.25. The molecule has 118 valence electrons. The Morgan fingerprint density at radius 1 is 1.35 bits per heavy atom. The Kier molecular flexibility index (Phi) is 4.38. The first kappa shape index (κ1) is 15.2. The average molecular weight is 330 g/mol. The molecule has 0 unspecified atom stereocenters.